The largest absolute Gasteiger partial charge is 0.493 e. The van der Waals surface area contributed by atoms with Crippen LogP contribution in [0.15, 0.2) is 54.9 Å². The number of hydrogen-bond acceptors (Lipinski definition) is 8. The van der Waals surface area contributed by atoms with Crippen LogP contribution in [0.5, 0.6) is 11.5 Å². The summed E-state index contributed by atoms with van der Waals surface area (Å²) >= 11 is 0. The summed E-state index contributed by atoms with van der Waals surface area (Å²) in [5, 5.41) is 10.1. The van der Waals surface area contributed by atoms with Gasteiger partial charge in [-0.25, -0.2) is 4.98 Å². The standard InChI is InChI=1S/C29H29N5O3/c1-19-5-6-21(14-31-19)16-37-25-10-7-20(12-26(25)35-3)11-22-8-9-24-28(23(22)13-30)33-27(15-32-24)34-17-29(2,18-34)36-4/h5-10,12,14-15H,11,16-18H2,1-4H3. The maximum absolute atomic E-state index is 10.1. The van der Waals surface area contributed by atoms with Crippen LogP contribution in [0.25, 0.3) is 11.0 Å². The molecule has 188 valence electrons. The van der Waals surface area contributed by atoms with E-state index in [1.165, 1.54) is 0 Å². The lowest BCUT2D eigenvalue weighted by molar-refractivity contribution is -0.0171. The predicted molar refractivity (Wildman–Crippen MR) is 141 cm³/mol. The van der Waals surface area contributed by atoms with Gasteiger partial charge >= 0.3 is 0 Å². The van der Waals surface area contributed by atoms with Crippen LogP contribution in [0.1, 0.15) is 34.9 Å². The number of benzene rings is 2. The Morgan fingerprint density at radius 2 is 1.81 bits per heavy atom. The van der Waals surface area contributed by atoms with Crippen LogP contribution < -0.4 is 14.4 Å². The number of fused-ring (bicyclic) bond motifs is 1. The van der Waals surface area contributed by atoms with Gasteiger partial charge in [0.25, 0.3) is 0 Å². The summed E-state index contributed by atoms with van der Waals surface area (Å²) in [5.41, 5.74) is 5.50. The van der Waals surface area contributed by atoms with Crippen molar-refractivity contribution in [3.05, 3.63) is 82.8 Å². The quantitative estimate of drug-likeness (QED) is 0.350. The lowest BCUT2D eigenvalue weighted by atomic mass is 9.96. The molecule has 0 bridgehead atoms. The fraction of sp³-hybridized carbons (Fsp3) is 0.310. The summed E-state index contributed by atoms with van der Waals surface area (Å²) in [7, 11) is 3.34. The number of rotatable bonds is 8. The van der Waals surface area contributed by atoms with Crippen molar-refractivity contribution in [3.8, 4) is 17.6 Å². The van der Waals surface area contributed by atoms with Gasteiger partial charge in [0.2, 0.25) is 0 Å². The number of pyridine rings is 1. The minimum absolute atomic E-state index is 0.178. The van der Waals surface area contributed by atoms with Crippen LogP contribution >= 0.6 is 0 Å². The van der Waals surface area contributed by atoms with Crippen molar-refractivity contribution in [1.82, 2.24) is 15.0 Å². The molecule has 2 aromatic carbocycles. The zero-order chi connectivity index (χ0) is 26.0. The van der Waals surface area contributed by atoms with Gasteiger partial charge in [-0.05, 0) is 55.7 Å². The van der Waals surface area contributed by atoms with Crippen molar-refractivity contribution < 1.29 is 14.2 Å². The Hall–Kier alpha value is -4.22. The highest BCUT2D eigenvalue weighted by molar-refractivity contribution is 5.83. The zero-order valence-electron chi connectivity index (χ0n) is 21.5. The zero-order valence-corrected chi connectivity index (χ0v) is 21.5. The summed E-state index contributed by atoms with van der Waals surface area (Å²) < 4.78 is 17.1. The van der Waals surface area contributed by atoms with Gasteiger partial charge in [-0.3, -0.25) is 9.97 Å². The Kier molecular flexibility index (Phi) is 6.64. The molecule has 0 atom stereocenters. The van der Waals surface area contributed by atoms with Gasteiger partial charge in [0.15, 0.2) is 11.5 Å². The normalized spacial score (nSPS) is 14.2. The van der Waals surface area contributed by atoms with Crippen LogP contribution in [-0.4, -0.2) is 47.9 Å². The van der Waals surface area contributed by atoms with Crippen molar-refractivity contribution >= 4 is 16.9 Å². The fourth-order valence-electron chi connectivity index (χ4n) is 4.49. The highest BCUT2D eigenvalue weighted by Crippen LogP contribution is 2.32. The molecule has 2 aromatic heterocycles. The minimum atomic E-state index is -0.178. The van der Waals surface area contributed by atoms with Gasteiger partial charge in [0, 0.05) is 24.6 Å². The van der Waals surface area contributed by atoms with Gasteiger partial charge in [0.1, 0.15) is 24.0 Å². The molecule has 0 saturated carbocycles. The molecule has 1 aliphatic rings. The smallest absolute Gasteiger partial charge is 0.161 e. The maximum Gasteiger partial charge on any atom is 0.161 e. The predicted octanol–water partition coefficient (Wildman–Crippen LogP) is 4.61. The average molecular weight is 496 g/mol. The van der Waals surface area contributed by atoms with Gasteiger partial charge in [-0.1, -0.05) is 18.2 Å². The van der Waals surface area contributed by atoms with E-state index in [1.54, 1.807) is 20.4 Å². The van der Waals surface area contributed by atoms with Crippen molar-refractivity contribution in [1.29, 1.82) is 5.26 Å². The Balaban J connectivity index is 1.37. The second kappa shape index (κ2) is 10.0. The number of methoxy groups -OCH3 is 2. The van der Waals surface area contributed by atoms with Gasteiger partial charge in [-0.2, -0.15) is 5.26 Å². The SMILES string of the molecule is COc1cc(Cc2ccc3ncc(N4CC(C)(OC)C4)nc3c2C#N)ccc1OCc1ccc(C)nc1. The van der Waals surface area contributed by atoms with Crippen LogP contribution in [-0.2, 0) is 17.8 Å². The average Bonchev–Trinajstić information content (AvgIpc) is 2.91. The highest BCUT2D eigenvalue weighted by Gasteiger charge is 2.39. The lowest BCUT2D eigenvalue weighted by Gasteiger charge is -2.47. The Labute approximate surface area is 216 Å². The Bertz CT molecular complexity index is 1470. The molecule has 3 heterocycles. The summed E-state index contributed by atoms with van der Waals surface area (Å²) in [6, 6.07) is 16.0. The molecular formula is C29H29N5O3. The van der Waals surface area contributed by atoms with E-state index < -0.39 is 0 Å². The molecule has 0 unspecified atom stereocenters. The third-order valence-corrected chi connectivity index (χ3v) is 6.76. The first-order valence-corrected chi connectivity index (χ1v) is 12.1. The molecule has 0 amide bonds. The fourth-order valence-corrected chi connectivity index (χ4v) is 4.49. The van der Waals surface area contributed by atoms with Crippen LogP contribution in [0.4, 0.5) is 5.82 Å². The van der Waals surface area contributed by atoms with E-state index in [1.807, 2.05) is 55.6 Å². The molecule has 1 fully saturated rings. The molecule has 0 aliphatic carbocycles. The summed E-state index contributed by atoms with van der Waals surface area (Å²) in [5.74, 6) is 2.04. The first-order chi connectivity index (χ1) is 17.9. The molecule has 5 rings (SSSR count). The first-order valence-electron chi connectivity index (χ1n) is 12.1. The van der Waals surface area contributed by atoms with E-state index in [9.17, 15) is 5.26 Å². The molecule has 0 radical (unpaired) electrons. The molecule has 4 aromatic rings. The van der Waals surface area contributed by atoms with E-state index in [0.717, 1.165) is 41.3 Å². The van der Waals surface area contributed by atoms with Crippen molar-refractivity contribution in [2.24, 2.45) is 0 Å². The second-order valence-corrected chi connectivity index (χ2v) is 9.58. The molecule has 8 nitrogen and oxygen atoms in total. The number of nitriles is 1. The van der Waals surface area contributed by atoms with Crippen molar-refractivity contribution in [2.45, 2.75) is 32.5 Å². The van der Waals surface area contributed by atoms with Gasteiger partial charge < -0.3 is 19.1 Å². The van der Waals surface area contributed by atoms with E-state index in [2.05, 4.69) is 27.9 Å². The van der Waals surface area contributed by atoms with E-state index in [-0.39, 0.29) is 5.60 Å². The van der Waals surface area contributed by atoms with Crippen molar-refractivity contribution in [3.63, 3.8) is 0 Å². The minimum Gasteiger partial charge on any atom is -0.493 e. The van der Waals surface area contributed by atoms with Gasteiger partial charge in [-0.15, -0.1) is 0 Å². The van der Waals surface area contributed by atoms with E-state index >= 15 is 0 Å². The third kappa shape index (κ3) is 5.04. The van der Waals surface area contributed by atoms with Crippen LogP contribution in [0.2, 0.25) is 0 Å². The first kappa shape index (κ1) is 24.5. The second-order valence-electron chi connectivity index (χ2n) is 9.58. The van der Waals surface area contributed by atoms with Crippen molar-refractivity contribution in [2.75, 3.05) is 32.2 Å². The van der Waals surface area contributed by atoms with E-state index in [0.29, 0.717) is 41.1 Å². The topological polar surface area (TPSA) is 93.4 Å². The molecule has 8 heteroatoms. The van der Waals surface area contributed by atoms with E-state index in [4.69, 9.17) is 19.2 Å². The van der Waals surface area contributed by atoms with Crippen LogP contribution in [0, 0.1) is 18.3 Å². The molecule has 1 saturated heterocycles. The Morgan fingerprint density at radius 1 is 1.00 bits per heavy atom. The lowest BCUT2D eigenvalue weighted by Crippen LogP contribution is -2.61. The monoisotopic (exact) mass is 495 g/mol. The summed E-state index contributed by atoms with van der Waals surface area (Å²) in [6.45, 7) is 5.89. The number of ether oxygens (including phenoxy) is 3. The van der Waals surface area contributed by atoms with Gasteiger partial charge in [0.05, 0.1) is 43.1 Å². The summed E-state index contributed by atoms with van der Waals surface area (Å²) in [4.78, 5) is 15.8. The highest BCUT2D eigenvalue weighted by atomic mass is 16.5. The third-order valence-electron chi connectivity index (χ3n) is 6.76. The molecular weight excluding hydrogens is 466 g/mol. The molecule has 1 aliphatic heterocycles. The van der Waals surface area contributed by atoms with Crippen LogP contribution in [0.3, 0.4) is 0 Å². The Morgan fingerprint density at radius 3 is 2.51 bits per heavy atom. The molecule has 0 spiro atoms. The number of hydrogen-bond donors (Lipinski definition) is 0. The number of nitrogens with zero attached hydrogens (tertiary/aromatic N) is 5. The summed E-state index contributed by atoms with van der Waals surface area (Å²) in [6.07, 6.45) is 4.12. The molecule has 0 N–H and O–H groups in total. The number of aryl methyl sites for hydroxylation is 1. The maximum atomic E-state index is 10.1. The number of aromatic nitrogens is 3. The molecule has 37 heavy (non-hydrogen) atoms. The number of anilines is 1.